The van der Waals surface area contributed by atoms with Gasteiger partial charge in [0.2, 0.25) is 5.91 Å². The number of carbonyl (C=O) groups excluding carboxylic acids is 1. The number of hydrogen-bond acceptors (Lipinski definition) is 5. The first-order valence-electron chi connectivity index (χ1n) is 8.60. The average molecular weight is 522 g/mol. The van der Waals surface area contributed by atoms with Crippen LogP contribution in [-0.4, -0.2) is 26.4 Å². The number of nitrogens with one attached hydrogen (secondary N) is 1. The van der Waals surface area contributed by atoms with E-state index in [9.17, 15) is 4.79 Å². The highest BCUT2D eigenvalue weighted by molar-refractivity contribution is 7.99. The molecule has 5 nitrogen and oxygen atoms in total. The van der Waals surface area contributed by atoms with Gasteiger partial charge < -0.3 is 9.88 Å². The van der Waals surface area contributed by atoms with Gasteiger partial charge in [0.25, 0.3) is 0 Å². The smallest absolute Gasteiger partial charge is 0.234 e. The van der Waals surface area contributed by atoms with E-state index in [4.69, 9.17) is 46.4 Å². The number of thioether (sulfide) groups is 2. The van der Waals surface area contributed by atoms with Crippen molar-refractivity contribution in [1.82, 2.24) is 14.8 Å². The lowest BCUT2D eigenvalue weighted by atomic mass is 10.2. The molecule has 1 aromatic heterocycles. The van der Waals surface area contributed by atoms with Crippen LogP contribution in [0.1, 0.15) is 11.4 Å². The number of carbonyl (C=O) groups is 1. The maximum atomic E-state index is 12.2. The van der Waals surface area contributed by atoms with Crippen molar-refractivity contribution in [2.75, 3.05) is 11.1 Å². The van der Waals surface area contributed by atoms with Gasteiger partial charge in [-0.1, -0.05) is 64.2 Å². The van der Waals surface area contributed by atoms with Crippen molar-refractivity contribution in [2.45, 2.75) is 16.7 Å². The van der Waals surface area contributed by atoms with Crippen LogP contribution in [0.2, 0.25) is 20.1 Å². The van der Waals surface area contributed by atoms with Gasteiger partial charge in [-0.25, -0.2) is 0 Å². The summed E-state index contributed by atoms with van der Waals surface area (Å²) in [5.74, 6) is 2.21. The van der Waals surface area contributed by atoms with Gasteiger partial charge in [0.15, 0.2) is 5.16 Å². The Labute approximate surface area is 202 Å². The first-order chi connectivity index (χ1) is 14.3. The molecular weight excluding hydrogens is 506 g/mol. The number of nitrogens with zero attached hydrogens (tertiary/aromatic N) is 3. The standard InChI is InChI=1S/C19H16Cl4N4OS2/c1-27-17(9-29-8-11-2-3-12(20)7-16(11)23)25-26-19(27)30-10-18(28)24-15-5-13(21)4-14(22)6-15/h2-7H,8-10H2,1H3,(H,24,28). The minimum absolute atomic E-state index is 0.184. The second-order valence-electron chi connectivity index (χ2n) is 6.18. The van der Waals surface area contributed by atoms with Crippen LogP contribution in [0.3, 0.4) is 0 Å². The lowest BCUT2D eigenvalue weighted by Crippen LogP contribution is -2.14. The molecule has 0 aliphatic rings. The molecule has 0 fully saturated rings. The van der Waals surface area contributed by atoms with E-state index in [1.807, 2.05) is 23.7 Å². The molecular formula is C19H16Cl4N4OS2. The summed E-state index contributed by atoms with van der Waals surface area (Å²) >= 11 is 27.0. The van der Waals surface area contributed by atoms with Crippen LogP contribution in [0, 0.1) is 0 Å². The Morgan fingerprint density at radius 1 is 1.00 bits per heavy atom. The van der Waals surface area contributed by atoms with Crippen molar-refractivity contribution >= 4 is 81.5 Å². The number of anilines is 1. The molecule has 1 N–H and O–H groups in total. The van der Waals surface area contributed by atoms with E-state index >= 15 is 0 Å². The third kappa shape index (κ3) is 6.70. The molecule has 0 saturated heterocycles. The summed E-state index contributed by atoms with van der Waals surface area (Å²) in [6.07, 6.45) is 0. The average Bonchev–Trinajstić information content (AvgIpc) is 3.01. The van der Waals surface area contributed by atoms with E-state index in [1.165, 1.54) is 11.8 Å². The van der Waals surface area contributed by atoms with Gasteiger partial charge in [-0.2, -0.15) is 0 Å². The predicted molar refractivity (Wildman–Crippen MR) is 128 cm³/mol. The molecule has 11 heteroatoms. The molecule has 1 heterocycles. The third-order valence-electron chi connectivity index (χ3n) is 3.91. The molecule has 0 aliphatic carbocycles. The predicted octanol–water partition coefficient (Wildman–Crippen LogP) is 6.59. The fourth-order valence-corrected chi connectivity index (χ4v) is 5.26. The monoisotopic (exact) mass is 520 g/mol. The molecule has 0 saturated carbocycles. The summed E-state index contributed by atoms with van der Waals surface area (Å²) in [6.45, 7) is 0. The molecule has 30 heavy (non-hydrogen) atoms. The number of aromatic nitrogens is 3. The lowest BCUT2D eigenvalue weighted by Gasteiger charge is -2.07. The normalized spacial score (nSPS) is 11.0. The van der Waals surface area contributed by atoms with Crippen LogP contribution in [0.25, 0.3) is 0 Å². The van der Waals surface area contributed by atoms with Crippen molar-refractivity contribution in [3.8, 4) is 0 Å². The van der Waals surface area contributed by atoms with Crippen molar-refractivity contribution in [3.05, 3.63) is 67.9 Å². The summed E-state index contributed by atoms with van der Waals surface area (Å²) in [4.78, 5) is 12.2. The van der Waals surface area contributed by atoms with Gasteiger partial charge in [0, 0.05) is 38.6 Å². The van der Waals surface area contributed by atoms with Crippen molar-refractivity contribution in [2.24, 2.45) is 7.05 Å². The van der Waals surface area contributed by atoms with Crippen LogP contribution in [0.5, 0.6) is 0 Å². The Hall–Kier alpha value is -1.09. The number of hydrogen-bond donors (Lipinski definition) is 1. The Kier molecular flexibility index (Phi) is 8.62. The Bertz CT molecular complexity index is 1040. The van der Waals surface area contributed by atoms with Gasteiger partial charge in [0.05, 0.1) is 11.5 Å². The minimum Gasteiger partial charge on any atom is -0.325 e. The zero-order valence-corrected chi connectivity index (χ0v) is 20.3. The highest BCUT2D eigenvalue weighted by Crippen LogP contribution is 2.27. The third-order valence-corrected chi connectivity index (χ3v) is 6.93. The number of rotatable bonds is 8. The van der Waals surface area contributed by atoms with E-state index in [0.717, 1.165) is 17.1 Å². The molecule has 3 rings (SSSR count). The van der Waals surface area contributed by atoms with Crippen molar-refractivity contribution in [1.29, 1.82) is 0 Å². The second-order valence-corrected chi connectivity index (χ2v) is 9.83. The Balaban J connectivity index is 1.50. The molecule has 0 radical (unpaired) electrons. The van der Waals surface area contributed by atoms with E-state index in [1.54, 1.807) is 36.0 Å². The summed E-state index contributed by atoms with van der Waals surface area (Å²) in [5.41, 5.74) is 1.56. The van der Waals surface area contributed by atoms with Gasteiger partial charge in [0.1, 0.15) is 5.82 Å². The van der Waals surface area contributed by atoms with Crippen molar-refractivity contribution < 1.29 is 4.79 Å². The summed E-state index contributed by atoms with van der Waals surface area (Å²) in [5, 5.41) is 14.0. The van der Waals surface area contributed by atoms with Crippen LogP contribution in [0.15, 0.2) is 41.6 Å². The molecule has 2 aromatic carbocycles. The Morgan fingerprint density at radius 3 is 2.43 bits per heavy atom. The van der Waals surface area contributed by atoms with Crippen LogP contribution >= 0.6 is 69.9 Å². The molecule has 1 amide bonds. The van der Waals surface area contributed by atoms with E-state index < -0.39 is 0 Å². The Morgan fingerprint density at radius 2 is 1.73 bits per heavy atom. The second kappa shape index (κ2) is 11.0. The SMILES string of the molecule is Cn1c(CSCc2ccc(Cl)cc2Cl)nnc1SCC(=O)Nc1cc(Cl)cc(Cl)c1. The lowest BCUT2D eigenvalue weighted by molar-refractivity contribution is -0.113. The topological polar surface area (TPSA) is 59.8 Å². The van der Waals surface area contributed by atoms with Gasteiger partial charge >= 0.3 is 0 Å². The molecule has 3 aromatic rings. The van der Waals surface area contributed by atoms with E-state index in [0.29, 0.717) is 36.7 Å². The van der Waals surface area contributed by atoms with Crippen molar-refractivity contribution in [3.63, 3.8) is 0 Å². The van der Waals surface area contributed by atoms with Crippen LogP contribution in [0.4, 0.5) is 5.69 Å². The largest absolute Gasteiger partial charge is 0.325 e. The van der Waals surface area contributed by atoms with E-state index in [2.05, 4.69) is 15.5 Å². The molecule has 0 bridgehead atoms. The van der Waals surface area contributed by atoms with Gasteiger partial charge in [-0.05, 0) is 35.9 Å². The highest BCUT2D eigenvalue weighted by Gasteiger charge is 2.12. The number of amides is 1. The molecule has 158 valence electrons. The van der Waals surface area contributed by atoms with Crippen LogP contribution < -0.4 is 5.32 Å². The summed E-state index contributed by atoms with van der Waals surface area (Å²) in [7, 11) is 1.88. The molecule has 0 unspecified atom stereocenters. The van der Waals surface area contributed by atoms with Gasteiger partial charge in [-0.3, -0.25) is 4.79 Å². The van der Waals surface area contributed by atoms with Crippen LogP contribution in [-0.2, 0) is 23.3 Å². The zero-order chi connectivity index (χ0) is 21.7. The number of halogens is 4. The summed E-state index contributed by atoms with van der Waals surface area (Å²) < 4.78 is 1.88. The fraction of sp³-hybridized carbons (Fsp3) is 0.211. The highest BCUT2D eigenvalue weighted by atomic mass is 35.5. The maximum absolute atomic E-state index is 12.2. The molecule has 0 spiro atoms. The van der Waals surface area contributed by atoms with Gasteiger partial charge in [-0.15, -0.1) is 22.0 Å². The minimum atomic E-state index is -0.186. The molecule has 0 atom stereocenters. The number of benzene rings is 2. The maximum Gasteiger partial charge on any atom is 0.234 e. The zero-order valence-electron chi connectivity index (χ0n) is 15.7. The first-order valence-corrected chi connectivity index (χ1v) is 12.3. The fourth-order valence-electron chi connectivity index (χ4n) is 2.44. The first kappa shape index (κ1) is 23.6. The summed E-state index contributed by atoms with van der Waals surface area (Å²) in [6, 6.07) is 10.4. The van der Waals surface area contributed by atoms with E-state index in [-0.39, 0.29) is 11.7 Å². The quantitative estimate of drug-likeness (QED) is 0.338. The molecule has 0 aliphatic heterocycles.